The number of nitriles is 1. The number of aromatic nitrogens is 1. The predicted octanol–water partition coefficient (Wildman–Crippen LogP) is 4.71. The average Bonchev–Trinajstić information content (AvgIpc) is 3.06. The fraction of sp³-hybridized carbons (Fsp3) is 0.111. The largest absolute Gasteiger partial charge is 0.493 e. The number of rotatable bonds is 4. The lowest BCUT2D eigenvalue weighted by molar-refractivity contribution is 0.355. The Kier molecular flexibility index (Phi) is 4.93. The maximum absolute atomic E-state index is 9.47. The second-order valence-corrected chi connectivity index (χ2v) is 6.95. The summed E-state index contributed by atoms with van der Waals surface area (Å²) in [5, 5.41) is 11.4. The van der Waals surface area contributed by atoms with E-state index in [4.69, 9.17) is 15.2 Å². The van der Waals surface area contributed by atoms with Gasteiger partial charge in [-0.15, -0.1) is 11.3 Å². The quantitative estimate of drug-likeness (QED) is 0.666. The summed E-state index contributed by atoms with van der Waals surface area (Å²) in [4.78, 5) is 5.33. The molecule has 3 aromatic rings. The highest BCUT2D eigenvalue weighted by Crippen LogP contribution is 2.37. The van der Waals surface area contributed by atoms with Crippen molar-refractivity contribution in [3.8, 4) is 39.3 Å². The molecule has 0 bridgehead atoms. The zero-order chi connectivity index (χ0) is 18.0. The molecule has 5 nitrogen and oxygen atoms in total. The average molecular weight is 416 g/mol. The van der Waals surface area contributed by atoms with E-state index in [2.05, 4.69) is 27.0 Å². The van der Waals surface area contributed by atoms with Gasteiger partial charge in [-0.25, -0.2) is 4.98 Å². The number of nitrogen functional groups attached to an aromatic ring is 1. The minimum atomic E-state index is 0.203. The van der Waals surface area contributed by atoms with Crippen LogP contribution in [0.2, 0.25) is 0 Å². The third-order valence-electron chi connectivity index (χ3n) is 3.67. The van der Waals surface area contributed by atoms with E-state index in [1.165, 1.54) is 11.3 Å². The molecule has 0 fully saturated rings. The van der Waals surface area contributed by atoms with Gasteiger partial charge in [0.25, 0.3) is 0 Å². The Labute approximate surface area is 157 Å². The van der Waals surface area contributed by atoms with Crippen LogP contribution in [0.15, 0.2) is 40.2 Å². The van der Waals surface area contributed by atoms with Gasteiger partial charge in [0.2, 0.25) is 0 Å². The van der Waals surface area contributed by atoms with Gasteiger partial charge in [-0.05, 0) is 46.3 Å². The number of benzene rings is 1. The minimum Gasteiger partial charge on any atom is -0.493 e. The topological polar surface area (TPSA) is 81.2 Å². The van der Waals surface area contributed by atoms with Crippen molar-refractivity contribution in [3.05, 3.63) is 45.7 Å². The smallest absolute Gasteiger partial charge is 0.161 e. The van der Waals surface area contributed by atoms with Gasteiger partial charge in [-0.3, -0.25) is 0 Å². The van der Waals surface area contributed by atoms with Gasteiger partial charge in [0.1, 0.15) is 17.5 Å². The van der Waals surface area contributed by atoms with Crippen LogP contribution in [-0.4, -0.2) is 19.2 Å². The van der Waals surface area contributed by atoms with Crippen molar-refractivity contribution in [2.75, 3.05) is 20.0 Å². The van der Waals surface area contributed by atoms with Crippen molar-refractivity contribution in [3.63, 3.8) is 0 Å². The molecule has 1 aromatic carbocycles. The van der Waals surface area contributed by atoms with E-state index in [0.29, 0.717) is 22.8 Å². The first-order valence-electron chi connectivity index (χ1n) is 7.24. The Morgan fingerprint density at radius 2 is 1.92 bits per heavy atom. The summed E-state index contributed by atoms with van der Waals surface area (Å²) in [6.45, 7) is 0. The number of hydrogen-bond acceptors (Lipinski definition) is 6. The molecule has 0 spiro atoms. The van der Waals surface area contributed by atoms with Crippen molar-refractivity contribution in [2.24, 2.45) is 0 Å². The lowest BCUT2D eigenvalue weighted by Gasteiger charge is -2.11. The van der Waals surface area contributed by atoms with Crippen LogP contribution < -0.4 is 15.2 Å². The van der Waals surface area contributed by atoms with E-state index in [0.717, 1.165) is 20.5 Å². The monoisotopic (exact) mass is 415 g/mol. The molecule has 0 unspecified atom stereocenters. The first kappa shape index (κ1) is 17.3. The van der Waals surface area contributed by atoms with Gasteiger partial charge >= 0.3 is 0 Å². The summed E-state index contributed by atoms with van der Waals surface area (Å²) in [5.41, 5.74) is 8.67. The highest BCUT2D eigenvalue weighted by molar-refractivity contribution is 9.10. The SMILES string of the molecule is COc1ccc(-c2cc(-c3cc(Br)cs3)c(C#N)c(N)n2)cc1OC. The summed E-state index contributed by atoms with van der Waals surface area (Å²) >= 11 is 4.98. The van der Waals surface area contributed by atoms with Gasteiger partial charge in [0, 0.05) is 25.9 Å². The number of ether oxygens (including phenoxy) is 2. The summed E-state index contributed by atoms with van der Waals surface area (Å²) in [6.07, 6.45) is 0. The van der Waals surface area contributed by atoms with E-state index < -0.39 is 0 Å². The van der Waals surface area contributed by atoms with Crippen molar-refractivity contribution in [1.82, 2.24) is 4.98 Å². The molecule has 2 heterocycles. The standard InChI is InChI=1S/C18H14BrN3O2S/c1-23-15-4-3-10(5-16(15)24-2)14-7-12(13(8-20)18(21)22-14)17-6-11(19)9-25-17/h3-7,9H,1-2H3,(H2,21,22). The fourth-order valence-electron chi connectivity index (χ4n) is 2.47. The summed E-state index contributed by atoms with van der Waals surface area (Å²) in [5.74, 6) is 1.44. The van der Waals surface area contributed by atoms with Gasteiger partial charge in [0.05, 0.1) is 19.9 Å². The zero-order valence-corrected chi connectivity index (χ0v) is 15.9. The number of nitrogens with zero attached hydrogens (tertiary/aromatic N) is 2. The maximum Gasteiger partial charge on any atom is 0.161 e. The van der Waals surface area contributed by atoms with E-state index in [-0.39, 0.29) is 5.82 Å². The van der Waals surface area contributed by atoms with Crippen LogP contribution in [0.5, 0.6) is 11.5 Å². The number of methoxy groups -OCH3 is 2. The molecule has 0 saturated heterocycles. The third kappa shape index (κ3) is 3.31. The first-order chi connectivity index (χ1) is 12.1. The molecule has 0 aliphatic carbocycles. The number of anilines is 1. The number of halogens is 1. The van der Waals surface area contributed by atoms with E-state index >= 15 is 0 Å². The highest BCUT2D eigenvalue weighted by atomic mass is 79.9. The number of pyridine rings is 1. The Hall–Kier alpha value is -2.56. The molecule has 0 saturated carbocycles. The predicted molar refractivity (Wildman–Crippen MR) is 103 cm³/mol. The molecule has 2 N–H and O–H groups in total. The lowest BCUT2D eigenvalue weighted by Crippen LogP contribution is -1.99. The molecule has 0 atom stereocenters. The van der Waals surface area contributed by atoms with Crippen LogP contribution >= 0.6 is 27.3 Å². The van der Waals surface area contributed by atoms with Gasteiger partial charge < -0.3 is 15.2 Å². The highest BCUT2D eigenvalue weighted by Gasteiger charge is 2.16. The van der Waals surface area contributed by atoms with Crippen LogP contribution in [0.3, 0.4) is 0 Å². The van der Waals surface area contributed by atoms with Crippen LogP contribution in [0.4, 0.5) is 5.82 Å². The van der Waals surface area contributed by atoms with Crippen LogP contribution in [-0.2, 0) is 0 Å². The van der Waals surface area contributed by atoms with Crippen molar-refractivity contribution < 1.29 is 9.47 Å². The second-order valence-electron chi connectivity index (χ2n) is 5.13. The van der Waals surface area contributed by atoms with Crippen LogP contribution in [0, 0.1) is 11.3 Å². The van der Waals surface area contributed by atoms with Crippen molar-refractivity contribution >= 4 is 33.1 Å². The molecular weight excluding hydrogens is 402 g/mol. The van der Waals surface area contributed by atoms with E-state index in [1.54, 1.807) is 14.2 Å². The molecule has 0 amide bonds. The molecule has 0 aliphatic heterocycles. The number of nitrogens with two attached hydrogens (primary N) is 1. The molecule has 0 radical (unpaired) electrons. The van der Waals surface area contributed by atoms with Crippen LogP contribution in [0.1, 0.15) is 5.56 Å². The summed E-state index contributed by atoms with van der Waals surface area (Å²) in [6, 6.07) is 11.5. The van der Waals surface area contributed by atoms with Gasteiger partial charge in [0.15, 0.2) is 11.5 Å². The van der Waals surface area contributed by atoms with Crippen molar-refractivity contribution in [2.45, 2.75) is 0 Å². The minimum absolute atomic E-state index is 0.203. The lowest BCUT2D eigenvalue weighted by atomic mass is 10.0. The Morgan fingerprint density at radius 3 is 2.52 bits per heavy atom. The zero-order valence-electron chi connectivity index (χ0n) is 13.5. The molecular formula is C18H14BrN3O2S. The fourth-order valence-corrected chi connectivity index (χ4v) is 3.93. The van der Waals surface area contributed by atoms with E-state index in [1.807, 2.05) is 35.7 Å². The first-order valence-corrected chi connectivity index (χ1v) is 8.92. The molecule has 2 aromatic heterocycles. The normalized spacial score (nSPS) is 10.3. The Balaban J connectivity index is 2.18. The summed E-state index contributed by atoms with van der Waals surface area (Å²) in [7, 11) is 3.17. The molecule has 7 heteroatoms. The maximum atomic E-state index is 9.47. The summed E-state index contributed by atoms with van der Waals surface area (Å²) < 4.78 is 11.6. The van der Waals surface area contributed by atoms with Crippen molar-refractivity contribution in [1.29, 1.82) is 5.26 Å². The molecule has 126 valence electrons. The Bertz CT molecular complexity index is 979. The van der Waals surface area contributed by atoms with Gasteiger partial charge in [-0.2, -0.15) is 5.26 Å². The van der Waals surface area contributed by atoms with E-state index in [9.17, 15) is 5.26 Å². The Morgan fingerprint density at radius 1 is 1.16 bits per heavy atom. The molecule has 3 rings (SSSR count). The van der Waals surface area contributed by atoms with Gasteiger partial charge in [-0.1, -0.05) is 0 Å². The number of hydrogen-bond donors (Lipinski definition) is 1. The second kappa shape index (κ2) is 7.13. The molecule has 25 heavy (non-hydrogen) atoms. The molecule has 0 aliphatic rings. The number of thiophene rings is 1. The van der Waals surface area contributed by atoms with Crippen LogP contribution in [0.25, 0.3) is 21.7 Å². The third-order valence-corrected chi connectivity index (χ3v) is 5.40.